The van der Waals surface area contributed by atoms with Crippen LogP contribution in [0.15, 0.2) is 0 Å². The summed E-state index contributed by atoms with van der Waals surface area (Å²) >= 11 is 1.87. The van der Waals surface area contributed by atoms with Gasteiger partial charge in [-0.1, -0.05) is 12.8 Å². The predicted octanol–water partition coefficient (Wildman–Crippen LogP) is 2.43. The van der Waals surface area contributed by atoms with E-state index in [1.807, 2.05) is 11.8 Å². The van der Waals surface area contributed by atoms with Crippen LogP contribution in [0.4, 0.5) is 0 Å². The molecule has 1 rings (SSSR count). The van der Waals surface area contributed by atoms with Gasteiger partial charge in [0.25, 0.3) is 0 Å². The monoisotopic (exact) mass is 229 g/mol. The third-order valence-electron chi connectivity index (χ3n) is 3.14. The molecule has 1 saturated carbocycles. The smallest absolute Gasteiger partial charge is 0.137 e. The van der Waals surface area contributed by atoms with Crippen molar-refractivity contribution in [1.82, 2.24) is 4.90 Å². The van der Waals surface area contributed by atoms with Crippen molar-refractivity contribution < 1.29 is 4.79 Å². The number of carbonyl (C=O) groups excluding carboxylic acids is 1. The van der Waals surface area contributed by atoms with Gasteiger partial charge in [0.1, 0.15) is 5.78 Å². The molecule has 15 heavy (non-hydrogen) atoms. The van der Waals surface area contributed by atoms with Gasteiger partial charge in [0, 0.05) is 31.2 Å². The van der Waals surface area contributed by atoms with Crippen LogP contribution in [0.2, 0.25) is 0 Å². The summed E-state index contributed by atoms with van der Waals surface area (Å²) in [5.41, 5.74) is 0. The highest BCUT2D eigenvalue weighted by Gasteiger charge is 2.21. The van der Waals surface area contributed by atoms with E-state index in [9.17, 15) is 4.79 Å². The lowest BCUT2D eigenvalue weighted by atomic mass is 9.98. The number of ketones is 1. The van der Waals surface area contributed by atoms with Crippen molar-refractivity contribution in [2.75, 3.05) is 32.1 Å². The van der Waals surface area contributed by atoms with E-state index >= 15 is 0 Å². The second-order valence-electron chi connectivity index (χ2n) is 4.52. The fourth-order valence-corrected chi connectivity index (χ4v) is 2.63. The van der Waals surface area contributed by atoms with Crippen LogP contribution < -0.4 is 0 Å². The van der Waals surface area contributed by atoms with E-state index in [0.717, 1.165) is 38.1 Å². The molecule has 1 aliphatic rings. The first-order chi connectivity index (χ1) is 7.24. The van der Waals surface area contributed by atoms with Crippen molar-refractivity contribution in [2.24, 2.45) is 5.92 Å². The van der Waals surface area contributed by atoms with Crippen LogP contribution in [0.25, 0.3) is 0 Å². The van der Waals surface area contributed by atoms with Crippen LogP contribution in [0.1, 0.15) is 32.1 Å². The lowest BCUT2D eigenvalue weighted by molar-refractivity contribution is -0.123. The largest absolute Gasteiger partial charge is 0.305 e. The number of carbonyl (C=O) groups is 1. The zero-order valence-electron chi connectivity index (χ0n) is 10.00. The highest BCUT2D eigenvalue weighted by molar-refractivity contribution is 7.98. The number of nitrogens with zero attached hydrogens (tertiary/aromatic N) is 1. The number of rotatable bonds is 5. The average Bonchev–Trinajstić information content (AvgIpc) is 2.42. The lowest BCUT2D eigenvalue weighted by Gasteiger charge is -2.21. The second kappa shape index (κ2) is 7.29. The van der Waals surface area contributed by atoms with Gasteiger partial charge in [0.2, 0.25) is 0 Å². The second-order valence-corrected chi connectivity index (χ2v) is 5.50. The quantitative estimate of drug-likeness (QED) is 0.675. The Balaban J connectivity index is 2.30. The minimum Gasteiger partial charge on any atom is -0.305 e. The maximum absolute atomic E-state index is 11.8. The van der Waals surface area contributed by atoms with E-state index in [-0.39, 0.29) is 0 Å². The normalized spacial score (nSPS) is 23.1. The first-order valence-electron chi connectivity index (χ1n) is 5.94. The molecular formula is C12H23NOS. The summed E-state index contributed by atoms with van der Waals surface area (Å²) < 4.78 is 0. The summed E-state index contributed by atoms with van der Waals surface area (Å²) in [4.78, 5) is 14.1. The number of hydrogen-bond acceptors (Lipinski definition) is 3. The van der Waals surface area contributed by atoms with Gasteiger partial charge in [0.15, 0.2) is 0 Å². The molecule has 0 aromatic carbocycles. The number of thioether (sulfide) groups is 1. The van der Waals surface area contributed by atoms with Gasteiger partial charge in [-0.15, -0.1) is 0 Å². The highest BCUT2D eigenvalue weighted by Crippen LogP contribution is 2.20. The van der Waals surface area contributed by atoms with Crippen LogP contribution in [-0.4, -0.2) is 42.8 Å². The van der Waals surface area contributed by atoms with E-state index in [4.69, 9.17) is 0 Å². The van der Waals surface area contributed by atoms with Gasteiger partial charge in [0.05, 0.1) is 0 Å². The molecule has 1 fully saturated rings. The Bertz CT molecular complexity index is 196. The zero-order chi connectivity index (χ0) is 11.1. The SMILES string of the molecule is CSCCN(C)CC1CCCCCC1=O. The molecule has 0 spiro atoms. The molecule has 1 atom stereocenters. The fourth-order valence-electron chi connectivity index (χ4n) is 2.14. The third-order valence-corrected chi connectivity index (χ3v) is 3.73. The summed E-state index contributed by atoms with van der Waals surface area (Å²) in [6.45, 7) is 2.07. The molecule has 1 aliphatic carbocycles. The maximum Gasteiger partial charge on any atom is 0.137 e. The molecule has 0 bridgehead atoms. The van der Waals surface area contributed by atoms with Crippen LogP contribution >= 0.6 is 11.8 Å². The Morgan fingerprint density at radius 2 is 2.20 bits per heavy atom. The van der Waals surface area contributed by atoms with Crippen molar-refractivity contribution in [2.45, 2.75) is 32.1 Å². The zero-order valence-corrected chi connectivity index (χ0v) is 10.8. The number of hydrogen-bond donors (Lipinski definition) is 0. The fraction of sp³-hybridized carbons (Fsp3) is 0.917. The van der Waals surface area contributed by atoms with Crippen molar-refractivity contribution in [3.05, 3.63) is 0 Å². The van der Waals surface area contributed by atoms with Gasteiger partial charge in [-0.05, 0) is 26.1 Å². The maximum atomic E-state index is 11.8. The first-order valence-corrected chi connectivity index (χ1v) is 7.33. The average molecular weight is 229 g/mol. The molecule has 0 aromatic rings. The molecule has 0 saturated heterocycles. The Hall–Kier alpha value is -0.0200. The molecular weight excluding hydrogens is 206 g/mol. The molecule has 0 aromatic heterocycles. The Labute approximate surface area is 97.8 Å². The lowest BCUT2D eigenvalue weighted by Crippen LogP contribution is -2.31. The first kappa shape index (κ1) is 13.0. The summed E-state index contributed by atoms with van der Waals surface area (Å²) in [6.07, 6.45) is 7.67. The standard InChI is InChI=1S/C12H23NOS/c1-13(8-9-15-2)10-11-6-4-3-5-7-12(11)14/h11H,3-10H2,1-2H3. The van der Waals surface area contributed by atoms with Crippen LogP contribution in [-0.2, 0) is 4.79 Å². The van der Waals surface area contributed by atoms with Crippen LogP contribution in [0.5, 0.6) is 0 Å². The Morgan fingerprint density at radius 3 is 2.93 bits per heavy atom. The van der Waals surface area contributed by atoms with E-state index in [1.165, 1.54) is 12.8 Å². The van der Waals surface area contributed by atoms with Gasteiger partial charge in [-0.25, -0.2) is 0 Å². The molecule has 0 heterocycles. The molecule has 2 nitrogen and oxygen atoms in total. The molecule has 0 radical (unpaired) electrons. The van der Waals surface area contributed by atoms with Crippen molar-refractivity contribution >= 4 is 17.5 Å². The molecule has 0 N–H and O–H groups in total. The van der Waals surface area contributed by atoms with Crippen LogP contribution in [0, 0.1) is 5.92 Å². The van der Waals surface area contributed by atoms with E-state index < -0.39 is 0 Å². The molecule has 0 amide bonds. The van der Waals surface area contributed by atoms with Gasteiger partial charge in [-0.2, -0.15) is 11.8 Å². The summed E-state index contributed by atoms with van der Waals surface area (Å²) in [6, 6.07) is 0. The summed E-state index contributed by atoms with van der Waals surface area (Å²) in [5, 5.41) is 0. The number of Topliss-reactive ketones (excluding diaryl/α,β-unsaturated/α-hetero) is 1. The molecule has 0 aliphatic heterocycles. The van der Waals surface area contributed by atoms with E-state index in [0.29, 0.717) is 11.7 Å². The Kier molecular flexibility index (Phi) is 6.34. The minimum absolute atomic E-state index is 0.319. The van der Waals surface area contributed by atoms with Gasteiger partial charge < -0.3 is 4.90 Å². The van der Waals surface area contributed by atoms with E-state index in [1.54, 1.807) is 0 Å². The van der Waals surface area contributed by atoms with Crippen molar-refractivity contribution in [1.29, 1.82) is 0 Å². The predicted molar refractivity (Wildman–Crippen MR) is 67.5 cm³/mol. The van der Waals surface area contributed by atoms with Crippen molar-refractivity contribution in [3.63, 3.8) is 0 Å². The van der Waals surface area contributed by atoms with Crippen molar-refractivity contribution in [3.8, 4) is 0 Å². The highest BCUT2D eigenvalue weighted by atomic mass is 32.2. The molecule has 3 heteroatoms. The summed E-state index contributed by atoms with van der Waals surface area (Å²) in [7, 11) is 2.13. The third kappa shape index (κ3) is 5.03. The van der Waals surface area contributed by atoms with Crippen LogP contribution in [0.3, 0.4) is 0 Å². The minimum atomic E-state index is 0.319. The van der Waals surface area contributed by atoms with E-state index in [2.05, 4.69) is 18.2 Å². The summed E-state index contributed by atoms with van der Waals surface area (Å²) in [5.74, 6) is 1.99. The van der Waals surface area contributed by atoms with Gasteiger partial charge in [-0.3, -0.25) is 4.79 Å². The van der Waals surface area contributed by atoms with Gasteiger partial charge >= 0.3 is 0 Å². The topological polar surface area (TPSA) is 20.3 Å². The molecule has 1 unspecified atom stereocenters. The molecule has 88 valence electrons. The Morgan fingerprint density at radius 1 is 1.40 bits per heavy atom.